The molecule has 0 unspecified atom stereocenters. The number of aryl methyl sites for hydroxylation is 2. The first-order valence-corrected chi connectivity index (χ1v) is 7.99. The van der Waals surface area contributed by atoms with Crippen molar-refractivity contribution in [2.24, 2.45) is 0 Å². The summed E-state index contributed by atoms with van der Waals surface area (Å²) in [4.78, 5) is 23.3. The zero-order valence-electron chi connectivity index (χ0n) is 14.4. The van der Waals surface area contributed by atoms with Crippen molar-refractivity contribution in [1.82, 2.24) is 10.9 Å². The van der Waals surface area contributed by atoms with Crippen molar-refractivity contribution in [3.8, 4) is 11.5 Å². The standard InChI is InChI=1S/C19H22N2O4/c1-14-6-8-16(9-7-14)25-13-19(23)21-20-18(22)10-11-24-17-5-3-4-15(2)12-17/h3-9,12H,10-11,13H2,1-2H3,(H,20,22)(H,21,23). The lowest BCUT2D eigenvalue weighted by Gasteiger charge is -2.10. The number of amides is 2. The molecule has 6 heteroatoms. The molecule has 0 aliphatic carbocycles. The fourth-order valence-electron chi connectivity index (χ4n) is 1.99. The normalized spacial score (nSPS) is 10.0. The Morgan fingerprint density at radius 1 is 0.840 bits per heavy atom. The van der Waals surface area contributed by atoms with Crippen molar-refractivity contribution in [3.63, 3.8) is 0 Å². The average molecular weight is 342 g/mol. The number of nitrogens with one attached hydrogen (secondary N) is 2. The largest absolute Gasteiger partial charge is 0.493 e. The van der Waals surface area contributed by atoms with E-state index in [4.69, 9.17) is 9.47 Å². The Morgan fingerprint density at radius 2 is 1.56 bits per heavy atom. The van der Waals surface area contributed by atoms with Gasteiger partial charge in [0.25, 0.3) is 5.91 Å². The molecule has 0 atom stereocenters. The highest BCUT2D eigenvalue weighted by Crippen LogP contribution is 2.12. The maximum absolute atomic E-state index is 11.7. The van der Waals surface area contributed by atoms with Crippen LogP contribution in [0.3, 0.4) is 0 Å². The molecule has 0 heterocycles. The summed E-state index contributed by atoms with van der Waals surface area (Å²) < 4.78 is 10.8. The van der Waals surface area contributed by atoms with Crippen LogP contribution in [0, 0.1) is 13.8 Å². The van der Waals surface area contributed by atoms with E-state index in [-0.39, 0.29) is 25.5 Å². The lowest BCUT2D eigenvalue weighted by molar-refractivity contribution is -0.130. The molecule has 2 aromatic carbocycles. The number of hydrogen-bond acceptors (Lipinski definition) is 4. The van der Waals surface area contributed by atoms with Gasteiger partial charge in [-0.25, -0.2) is 0 Å². The number of carbonyl (C=O) groups excluding carboxylic acids is 2. The molecule has 25 heavy (non-hydrogen) atoms. The first-order chi connectivity index (χ1) is 12.0. The number of ether oxygens (including phenoxy) is 2. The van der Waals surface area contributed by atoms with Gasteiger partial charge >= 0.3 is 0 Å². The predicted octanol–water partition coefficient (Wildman–Crippen LogP) is 2.30. The maximum Gasteiger partial charge on any atom is 0.276 e. The third-order valence-electron chi connectivity index (χ3n) is 3.32. The summed E-state index contributed by atoms with van der Waals surface area (Å²) in [5.41, 5.74) is 6.82. The average Bonchev–Trinajstić information content (AvgIpc) is 2.59. The summed E-state index contributed by atoms with van der Waals surface area (Å²) in [7, 11) is 0. The molecule has 2 amide bonds. The minimum atomic E-state index is -0.437. The molecule has 132 valence electrons. The van der Waals surface area contributed by atoms with E-state index < -0.39 is 5.91 Å². The molecule has 0 spiro atoms. The summed E-state index contributed by atoms with van der Waals surface area (Å²) >= 11 is 0. The molecule has 2 N–H and O–H groups in total. The first kappa shape index (κ1) is 18.3. The smallest absolute Gasteiger partial charge is 0.276 e. The molecule has 0 bridgehead atoms. The van der Waals surface area contributed by atoms with Crippen LogP contribution in [-0.4, -0.2) is 25.0 Å². The van der Waals surface area contributed by atoms with Gasteiger partial charge in [-0.05, 0) is 43.7 Å². The fraction of sp³-hybridized carbons (Fsp3) is 0.263. The molecule has 0 aliphatic heterocycles. The van der Waals surface area contributed by atoms with Gasteiger partial charge < -0.3 is 9.47 Å². The molecule has 0 fully saturated rings. The van der Waals surface area contributed by atoms with Gasteiger partial charge in [0, 0.05) is 0 Å². The molecular formula is C19H22N2O4. The van der Waals surface area contributed by atoms with Crippen LogP contribution in [0.1, 0.15) is 17.5 Å². The van der Waals surface area contributed by atoms with Crippen LogP contribution in [-0.2, 0) is 9.59 Å². The van der Waals surface area contributed by atoms with Crippen LogP contribution in [0.25, 0.3) is 0 Å². The van der Waals surface area contributed by atoms with E-state index in [1.165, 1.54) is 0 Å². The third kappa shape index (κ3) is 6.95. The van der Waals surface area contributed by atoms with Gasteiger partial charge in [-0.15, -0.1) is 0 Å². The van der Waals surface area contributed by atoms with Crippen LogP contribution >= 0.6 is 0 Å². The maximum atomic E-state index is 11.7. The third-order valence-corrected chi connectivity index (χ3v) is 3.32. The van der Waals surface area contributed by atoms with Crippen LogP contribution in [0.5, 0.6) is 11.5 Å². The number of hydrazine groups is 1. The van der Waals surface area contributed by atoms with Crippen molar-refractivity contribution >= 4 is 11.8 Å². The highest BCUT2D eigenvalue weighted by molar-refractivity contribution is 5.82. The van der Waals surface area contributed by atoms with Gasteiger partial charge in [-0.1, -0.05) is 29.8 Å². The summed E-state index contributed by atoms with van der Waals surface area (Å²) in [5, 5.41) is 0. The summed E-state index contributed by atoms with van der Waals surface area (Å²) in [6.45, 7) is 3.98. The van der Waals surface area contributed by atoms with E-state index in [0.717, 1.165) is 11.1 Å². The van der Waals surface area contributed by atoms with E-state index in [0.29, 0.717) is 11.5 Å². The molecule has 0 aliphatic rings. The Balaban J connectivity index is 1.60. The van der Waals surface area contributed by atoms with E-state index >= 15 is 0 Å². The zero-order chi connectivity index (χ0) is 18.1. The number of carbonyl (C=O) groups is 2. The highest BCUT2D eigenvalue weighted by Gasteiger charge is 2.06. The Labute approximate surface area is 147 Å². The summed E-state index contributed by atoms with van der Waals surface area (Å²) in [6, 6.07) is 14.9. The number of rotatable bonds is 7. The predicted molar refractivity (Wildman–Crippen MR) is 94.3 cm³/mol. The summed E-state index contributed by atoms with van der Waals surface area (Å²) in [6.07, 6.45) is 0.132. The topological polar surface area (TPSA) is 76.7 Å². The fourth-order valence-corrected chi connectivity index (χ4v) is 1.99. The van der Waals surface area contributed by atoms with Gasteiger partial charge in [0.1, 0.15) is 11.5 Å². The van der Waals surface area contributed by atoms with Gasteiger partial charge in [0.05, 0.1) is 13.0 Å². The van der Waals surface area contributed by atoms with E-state index in [2.05, 4.69) is 10.9 Å². The Morgan fingerprint density at radius 3 is 2.28 bits per heavy atom. The van der Waals surface area contributed by atoms with Crippen LogP contribution in [0.2, 0.25) is 0 Å². The quantitative estimate of drug-likeness (QED) is 0.757. The van der Waals surface area contributed by atoms with E-state index in [9.17, 15) is 9.59 Å². The van der Waals surface area contributed by atoms with E-state index in [1.807, 2.05) is 50.2 Å². The molecular weight excluding hydrogens is 320 g/mol. The zero-order valence-corrected chi connectivity index (χ0v) is 14.4. The molecule has 0 saturated carbocycles. The van der Waals surface area contributed by atoms with Crippen molar-refractivity contribution < 1.29 is 19.1 Å². The molecule has 0 aromatic heterocycles. The molecule has 2 rings (SSSR count). The second kappa shape index (κ2) is 9.32. The Bertz CT molecular complexity index is 714. The van der Waals surface area contributed by atoms with Gasteiger partial charge in [0.2, 0.25) is 5.91 Å². The van der Waals surface area contributed by atoms with Gasteiger partial charge in [-0.2, -0.15) is 0 Å². The van der Waals surface area contributed by atoms with Crippen molar-refractivity contribution in [2.75, 3.05) is 13.2 Å². The van der Waals surface area contributed by atoms with Crippen LogP contribution in [0.15, 0.2) is 48.5 Å². The second-order valence-electron chi connectivity index (χ2n) is 5.61. The first-order valence-electron chi connectivity index (χ1n) is 7.99. The van der Waals surface area contributed by atoms with Gasteiger partial charge in [-0.3, -0.25) is 20.4 Å². The second-order valence-corrected chi connectivity index (χ2v) is 5.61. The molecule has 2 aromatic rings. The van der Waals surface area contributed by atoms with Crippen LogP contribution < -0.4 is 20.3 Å². The SMILES string of the molecule is Cc1ccc(OCC(=O)NNC(=O)CCOc2cccc(C)c2)cc1. The highest BCUT2D eigenvalue weighted by atomic mass is 16.5. The minimum absolute atomic E-state index is 0.132. The van der Waals surface area contributed by atoms with E-state index in [1.54, 1.807) is 12.1 Å². The Hall–Kier alpha value is -3.02. The van der Waals surface area contributed by atoms with Crippen molar-refractivity contribution in [2.45, 2.75) is 20.3 Å². The lowest BCUT2D eigenvalue weighted by Crippen LogP contribution is -2.44. The monoisotopic (exact) mass is 342 g/mol. The van der Waals surface area contributed by atoms with Gasteiger partial charge in [0.15, 0.2) is 6.61 Å². The van der Waals surface area contributed by atoms with Crippen LogP contribution in [0.4, 0.5) is 0 Å². The van der Waals surface area contributed by atoms with Crippen molar-refractivity contribution in [3.05, 3.63) is 59.7 Å². The molecule has 0 radical (unpaired) electrons. The Kier molecular flexibility index (Phi) is 6.83. The molecule has 6 nitrogen and oxygen atoms in total. The van der Waals surface area contributed by atoms with Crippen molar-refractivity contribution in [1.29, 1.82) is 0 Å². The molecule has 0 saturated heterocycles. The lowest BCUT2D eigenvalue weighted by atomic mass is 10.2. The minimum Gasteiger partial charge on any atom is -0.493 e. The number of benzene rings is 2. The number of hydrogen-bond donors (Lipinski definition) is 2. The summed E-state index contributed by atoms with van der Waals surface area (Å²) in [5.74, 6) is 0.534.